The first-order valence-electron chi connectivity index (χ1n) is 7.10. The average molecular weight is 319 g/mol. The molecule has 0 saturated heterocycles. The molecule has 0 aromatic rings. The van der Waals surface area contributed by atoms with Crippen LogP contribution in [0.1, 0.15) is 58.3 Å². The van der Waals surface area contributed by atoms with Gasteiger partial charge in [-0.15, -0.1) is 0 Å². The molecule has 0 aromatic heterocycles. The molecule has 0 saturated carbocycles. The number of carbonyl (C=O) groups excluding carboxylic acids is 2. The Morgan fingerprint density at radius 2 is 1.48 bits per heavy atom. The minimum absolute atomic E-state index is 0. The van der Waals surface area contributed by atoms with Gasteiger partial charge in [0.25, 0.3) is 0 Å². The Bertz CT molecular complexity index is 250. The summed E-state index contributed by atoms with van der Waals surface area (Å²) in [7, 11) is 0. The number of esters is 1. The summed E-state index contributed by atoms with van der Waals surface area (Å²) in [6.07, 6.45) is 6.84. The summed E-state index contributed by atoms with van der Waals surface area (Å²) in [5.41, 5.74) is 0. The summed E-state index contributed by atoms with van der Waals surface area (Å²) in [4.78, 5) is 21.1. The smallest absolute Gasteiger partial charge is 0.550 e. The topological polar surface area (TPSA) is 75.7 Å². The van der Waals surface area contributed by atoms with Crippen LogP contribution in [0.4, 0.5) is 0 Å². The van der Waals surface area contributed by atoms with E-state index in [0.717, 1.165) is 6.42 Å². The number of hydrogen-bond acceptors (Lipinski definition) is 5. The first kappa shape index (κ1) is 26.8. The van der Waals surface area contributed by atoms with E-state index in [1.54, 1.807) is 0 Å². The molecule has 112 valence electrons. The van der Waals surface area contributed by atoms with E-state index < -0.39 is 11.9 Å². The van der Waals surface area contributed by atoms with Crippen molar-refractivity contribution in [1.82, 2.24) is 0 Å². The molecular formula is C14H25Na2O5+. The van der Waals surface area contributed by atoms with E-state index in [9.17, 15) is 14.7 Å². The van der Waals surface area contributed by atoms with Crippen LogP contribution < -0.4 is 64.2 Å². The van der Waals surface area contributed by atoms with E-state index in [4.69, 9.17) is 9.47 Å². The van der Waals surface area contributed by atoms with Gasteiger partial charge in [-0.3, -0.25) is 4.79 Å². The van der Waals surface area contributed by atoms with E-state index in [-0.39, 0.29) is 78.6 Å². The number of carboxylic acids is 1. The fourth-order valence-electron chi connectivity index (χ4n) is 1.58. The van der Waals surface area contributed by atoms with Gasteiger partial charge in [0.15, 0.2) is 0 Å². The fraction of sp³-hybridized carbons (Fsp3) is 0.857. The minimum atomic E-state index is -1.24. The number of aliphatic carboxylic acids is 1. The maximum atomic E-state index is 11.0. The average Bonchev–Trinajstić information content (AvgIpc) is 2.38. The van der Waals surface area contributed by atoms with E-state index in [1.165, 1.54) is 32.1 Å². The normalized spacial score (nSPS) is 9.38. The summed E-state index contributed by atoms with van der Waals surface area (Å²) >= 11 is 0. The second kappa shape index (κ2) is 20.9. The number of ether oxygens (including phenoxy) is 2. The molecule has 0 bridgehead atoms. The standard InChI is InChI=1S/C14H26O5.2Na/c1-2-3-4-5-6-7-10-18-11-12-19-14(17)9-8-13(15)16;;/h2-12H2,1H3,(H,15,16);;/q;2*+1/p-1. The van der Waals surface area contributed by atoms with Crippen molar-refractivity contribution in [3.05, 3.63) is 0 Å². The third kappa shape index (κ3) is 23.3. The molecule has 0 heterocycles. The summed E-state index contributed by atoms with van der Waals surface area (Å²) in [5, 5.41) is 10.1. The summed E-state index contributed by atoms with van der Waals surface area (Å²) in [6, 6.07) is 0. The van der Waals surface area contributed by atoms with Crippen LogP contribution in [0.15, 0.2) is 0 Å². The zero-order chi connectivity index (χ0) is 14.3. The molecule has 21 heavy (non-hydrogen) atoms. The van der Waals surface area contributed by atoms with Crippen LogP contribution in [0.5, 0.6) is 0 Å². The van der Waals surface area contributed by atoms with Gasteiger partial charge in [0, 0.05) is 12.6 Å². The summed E-state index contributed by atoms with van der Waals surface area (Å²) < 4.78 is 10.1. The molecule has 0 aliphatic rings. The van der Waals surface area contributed by atoms with E-state index in [0.29, 0.717) is 13.2 Å². The Morgan fingerprint density at radius 1 is 0.857 bits per heavy atom. The van der Waals surface area contributed by atoms with Crippen molar-refractivity contribution in [3.63, 3.8) is 0 Å². The third-order valence-electron chi connectivity index (χ3n) is 2.67. The van der Waals surface area contributed by atoms with E-state index >= 15 is 0 Å². The zero-order valence-corrected chi connectivity index (χ0v) is 17.8. The van der Waals surface area contributed by atoms with Gasteiger partial charge < -0.3 is 19.4 Å². The molecule has 0 N–H and O–H groups in total. The van der Waals surface area contributed by atoms with Crippen LogP contribution in [0.25, 0.3) is 0 Å². The maximum absolute atomic E-state index is 11.0. The maximum Gasteiger partial charge on any atom is 1.00 e. The van der Waals surface area contributed by atoms with Gasteiger partial charge in [0.05, 0.1) is 13.0 Å². The molecule has 7 heteroatoms. The SMILES string of the molecule is CCCCCCCCOCCOC(=O)CCC(=O)[O-].[Na+].[Na+]. The molecule has 0 aliphatic heterocycles. The van der Waals surface area contributed by atoms with Gasteiger partial charge in [0.1, 0.15) is 6.61 Å². The van der Waals surface area contributed by atoms with Gasteiger partial charge >= 0.3 is 65.1 Å². The first-order chi connectivity index (χ1) is 9.16. The van der Waals surface area contributed by atoms with Crippen molar-refractivity contribution >= 4 is 11.9 Å². The Balaban J connectivity index is -0.00000162. The number of carboxylic acid groups (broad SMARTS) is 1. The Kier molecular flexibility index (Phi) is 26.7. The number of hydrogen-bond donors (Lipinski definition) is 0. The van der Waals surface area contributed by atoms with Crippen molar-refractivity contribution in [2.24, 2.45) is 0 Å². The summed E-state index contributed by atoms with van der Waals surface area (Å²) in [5.74, 6) is -1.76. The second-order valence-corrected chi connectivity index (χ2v) is 4.47. The van der Waals surface area contributed by atoms with Crippen LogP contribution in [-0.4, -0.2) is 31.8 Å². The molecule has 5 nitrogen and oxygen atoms in total. The Morgan fingerprint density at radius 3 is 2.10 bits per heavy atom. The molecule has 0 spiro atoms. The molecule has 0 aromatic carbocycles. The Hall–Kier alpha value is 0.900. The molecule has 0 amide bonds. The predicted octanol–water partition coefficient (Wildman–Crippen LogP) is -4.56. The molecule has 0 atom stereocenters. The quantitative estimate of drug-likeness (QED) is 0.194. The fourth-order valence-corrected chi connectivity index (χ4v) is 1.58. The largest absolute Gasteiger partial charge is 1.00 e. The number of unbranched alkanes of at least 4 members (excludes halogenated alkanes) is 5. The number of rotatable bonds is 13. The van der Waals surface area contributed by atoms with Crippen LogP contribution in [0.2, 0.25) is 0 Å². The minimum Gasteiger partial charge on any atom is -0.550 e. The predicted molar refractivity (Wildman–Crippen MR) is 69.4 cm³/mol. The van der Waals surface area contributed by atoms with Crippen molar-refractivity contribution in [2.75, 3.05) is 19.8 Å². The number of carbonyl (C=O) groups is 2. The van der Waals surface area contributed by atoms with Gasteiger partial charge in [-0.1, -0.05) is 39.0 Å². The third-order valence-corrected chi connectivity index (χ3v) is 2.67. The van der Waals surface area contributed by atoms with Crippen molar-refractivity contribution in [1.29, 1.82) is 0 Å². The van der Waals surface area contributed by atoms with Gasteiger partial charge in [-0.2, -0.15) is 0 Å². The van der Waals surface area contributed by atoms with E-state index in [2.05, 4.69) is 6.92 Å². The molecule has 0 fully saturated rings. The van der Waals surface area contributed by atoms with Crippen LogP contribution >= 0.6 is 0 Å². The zero-order valence-electron chi connectivity index (χ0n) is 13.8. The van der Waals surface area contributed by atoms with Crippen LogP contribution in [0.3, 0.4) is 0 Å². The molecule has 0 aliphatic carbocycles. The summed E-state index contributed by atoms with van der Waals surface area (Å²) in [6.45, 7) is 3.42. The molecule has 0 radical (unpaired) electrons. The van der Waals surface area contributed by atoms with E-state index in [1.807, 2.05) is 0 Å². The monoisotopic (exact) mass is 319 g/mol. The second-order valence-electron chi connectivity index (χ2n) is 4.47. The van der Waals surface area contributed by atoms with Crippen LogP contribution in [0, 0.1) is 0 Å². The van der Waals surface area contributed by atoms with Gasteiger partial charge in [-0.05, 0) is 12.8 Å². The molecule has 0 rings (SSSR count). The van der Waals surface area contributed by atoms with Gasteiger partial charge in [-0.25, -0.2) is 0 Å². The first-order valence-corrected chi connectivity index (χ1v) is 7.10. The van der Waals surface area contributed by atoms with Crippen molar-refractivity contribution < 1.29 is 83.3 Å². The van der Waals surface area contributed by atoms with Crippen molar-refractivity contribution in [2.45, 2.75) is 58.3 Å². The van der Waals surface area contributed by atoms with Gasteiger partial charge in [0.2, 0.25) is 0 Å². The van der Waals surface area contributed by atoms with Crippen molar-refractivity contribution in [3.8, 4) is 0 Å². The molecular weight excluding hydrogens is 294 g/mol. The van der Waals surface area contributed by atoms with Crippen LogP contribution in [-0.2, 0) is 19.1 Å². The Labute approximate surface area is 172 Å². The molecule has 0 unspecified atom stereocenters.